The minimum absolute atomic E-state index is 0.216. The highest BCUT2D eigenvalue weighted by atomic mass is 16.5. The van der Waals surface area contributed by atoms with Gasteiger partial charge in [0.05, 0.1) is 13.2 Å². The second-order valence-corrected chi connectivity index (χ2v) is 5.58. The minimum atomic E-state index is -0.963. The van der Waals surface area contributed by atoms with Gasteiger partial charge in [-0.25, -0.2) is 4.79 Å². The average molecular weight is 290 g/mol. The SMILES string of the molecule is COc1ccc(C=CC(=O)O)cc1OC1CCC(C)CC1. The van der Waals surface area contributed by atoms with Crippen LogP contribution in [-0.2, 0) is 4.79 Å². The van der Waals surface area contributed by atoms with Gasteiger partial charge in [-0.1, -0.05) is 13.0 Å². The molecular weight excluding hydrogens is 268 g/mol. The number of hydrogen-bond donors (Lipinski definition) is 1. The molecule has 0 radical (unpaired) electrons. The lowest BCUT2D eigenvalue weighted by Gasteiger charge is -2.27. The van der Waals surface area contributed by atoms with E-state index in [9.17, 15) is 4.79 Å². The molecule has 0 amide bonds. The molecule has 1 aliphatic carbocycles. The highest BCUT2D eigenvalue weighted by molar-refractivity contribution is 5.85. The third-order valence-electron chi connectivity index (χ3n) is 3.86. The fourth-order valence-corrected chi connectivity index (χ4v) is 2.58. The standard InChI is InChI=1S/C17H22O4/c1-12-3-7-14(8-4-12)21-16-11-13(6-10-17(18)19)5-9-15(16)20-2/h5-6,9-12,14H,3-4,7-8H2,1-2H3,(H,18,19). The lowest BCUT2D eigenvalue weighted by atomic mass is 9.89. The number of ether oxygens (including phenoxy) is 2. The first kappa shape index (κ1) is 15.4. The zero-order valence-corrected chi connectivity index (χ0v) is 12.5. The fraction of sp³-hybridized carbons (Fsp3) is 0.471. The molecule has 1 N–H and O–H groups in total. The number of methoxy groups -OCH3 is 1. The van der Waals surface area contributed by atoms with Crippen molar-refractivity contribution in [3.63, 3.8) is 0 Å². The third kappa shape index (κ3) is 4.52. The molecule has 0 spiro atoms. The number of hydrogen-bond acceptors (Lipinski definition) is 3. The zero-order valence-electron chi connectivity index (χ0n) is 12.5. The molecule has 4 heteroatoms. The Bertz CT molecular complexity index is 514. The molecule has 114 valence electrons. The Labute approximate surface area is 125 Å². The van der Waals surface area contributed by atoms with E-state index in [1.165, 1.54) is 12.8 Å². The monoisotopic (exact) mass is 290 g/mol. The van der Waals surface area contributed by atoms with Crippen LogP contribution in [0.4, 0.5) is 0 Å². The van der Waals surface area contributed by atoms with Crippen LogP contribution >= 0.6 is 0 Å². The van der Waals surface area contributed by atoms with Gasteiger partial charge >= 0.3 is 5.97 Å². The van der Waals surface area contributed by atoms with Crippen molar-refractivity contribution in [3.8, 4) is 11.5 Å². The van der Waals surface area contributed by atoms with Gasteiger partial charge < -0.3 is 14.6 Å². The highest BCUT2D eigenvalue weighted by Crippen LogP contribution is 2.33. The quantitative estimate of drug-likeness (QED) is 0.839. The van der Waals surface area contributed by atoms with E-state index in [1.807, 2.05) is 18.2 Å². The molecule has 4 nitrogen and oxygen atoms in total. The number of benzene rings is 1. The maximum absolute atomic E-state index is 10.6. The molecule has 21 heavy (non-hydrogen) atoms. The summed E-state index contributed by atoms with van der Waals surface area (Å²) in [6, 6.07) is 5.45. The zero-order chi connectivity index (χ0) is 15.2. The van der Waals surface area contributed by atoms with E-state index in [1.54, 1.807) is 13.2 Å². The van der Waals surface area contributed by atoms with E-state index in [0.29, 0.717) is 11.5 Å². The normalized spacial score (nSPS) is 22.2. The van der Waals surface area contributed by atoms with Crippen molar-refractivity contribution < 1.29 is 19.4 Å². The van der Waals surface area contributed by atoms with Gasteiger partial charge in [-0.05, 0) is 55.4 Å². The predicted octanol–water partition coefficient (Wildman–Crippen LogP) is 3.75. The van der Waals surface area contributed by atoms with Crippen LogP contribution in [0, 0.1) is 5.92 Å². The van der Waals surface area contributed by atoms with E-state index in [0.717, 1.165) is 30.4 Å². The van der Waals surface area contributed by atoms with Crippen molar-refractivity contribution in [2.75, 3.05) is 7.11 Å². The van der Waals surface area contributed by atoms with Crippen LogP contribution in [0.3, 0.4) is 0 Å². The summed E-state index contributed by atoms with van der Waals surface area (Å²) in [5, 5.41) is 8.69. The summed E-state index contributed by atoms with van der Waals surface area (Å²) in [7, 11) is 1.61. The van der Waals surface area contributed by atoms with Gasteiger partial charge in [-0.3, -0.25) is 0 Å². The second kappa shape index (κ2) is 7.16. The number of carboxylic acid groups (broad SMARTS) is 1. The first-order valence-corrected chi connectivity index (χ1v) is 7.34. The summed E-state index contributed by atoms with van der Waals surface area (Å²) < 4.78 is 11.4. The van der Waals surface area contributed by atoms with E-state index in [4.69, 9.17) is 14.6 Å². The van der Waals surface area contributed by atoms with Gasteiger partial charge in [0.1, 0.15) is 0 Å². The van der Waals surface area contributed by atoms with Crippen molar-refractivity contribution in [1.29, 1.82) is 0 Å². The summed E-state index contributed by atoms with van der Waals surface area (Å²) in [4.78, 5) is 10.6. The van der Waals surface area contributed by atoms with Crippen molar-refractivity contribution in [2.24, 2.45) is 5.92 Å². The molecule has 0 bridgehead atoms. The van der Waals surface area contributed by atoms with Crippen LogP contribution in [-0.4, -0.2) is 24.3 Å². The Kier molecular flexibility index (Phi) is 5.26. The third-order valence-corrected chi connectivity index (χ3v) is 3.86. The number of aliphatic carboxylic acids is 1. The minimum Gasteiger partial charge on any atom is -0.493 e. The summed E-state index contributed by atoms with van der Waals surface area (Å²) in [6.45, 7) is 2.27. The lowest BCUT2D eigenvalue weighted by Crippen LogP contribution is -2.23. The fourth-order valence-electron chi connectivity index (χ4n) is 2.58. The molecule has 1 aliphatic rings. The molecule has 1 fully saturated rings. The number of rotatable bonds is 5. The molecule has 0 aliphatic heterocycles. The van der Waals surface area contributed by atoms with Crippen LogP contribution in [0.1, 0.15) is 38.2 Å². The van der Waals surface area contributed by atoms with E-state index in [2.05, 4.69) is 6.92 Å². The molecule has 1 aromatic carbocycles. The average Bonchev–Trinajstić information content (AvgIpc) is 2.48. The van der Waals surface area contributed by atoms with Gasteiger partial charge in [-0.15, -0.1) is 0 Å². The van der Waals surface area contributed by atoms with Crippen molar-refractivity contribution in [3.05, 3.63) is 29.8 Å². The van der Waals surface area contributed by atoms with E-state index in [-0.39, 0.29) is 6.10 Å². The van der Waals surface area contributed by atoms with Crippen molar-refractivity contribution in [1.82, 2.24) is 0 Å². The van der Waals surface area contributed by atoms with E-state index < -0.39 is 5.97 Å². The lowest BCUT2D eigenvalue weighted by molar-refractivity contribution is -0.131. The Hall–Kier alpha value is -1.97. The van der Waals surface area contributed by atoms with Gasteiger partial charge in [0.15, 0.2) is 11.5 Å². The molecule has 1 aromatic rings. The largest absolute Gasteiger partial charge is 0.493 e. The highest BCUT2D eigenvalue weighted by Gasteiger charge is 2.20. The summed E-state index contributed by atoms with van der Waals surface area (Å²) in [6.07, 6.45) is 7.37. The maximum atomic E-state index is 10.6. The van der Waals surface area contributed by atoms with Crippen LogP contribution in [0.2, 0.25) is 0 Å². The predicted molar refractivity (Wildman–Crippen MR) is 81.7 cm³/mol. The smallest absolute Gasteiger partial charge is 0.328 e. The summed E-state index contributed by atoms with van der Waals surface area (Å²) in [5.74, 6) is 1.18. The van der Waals surface area contributed by atoms with Crippen LogP contribution in [0.15, 0.2) is 24.3 Å². The van der Waals surface area contributed by atoms with Gasteiger partial charge in [0.2, 0.25) is 0 Å². The van der Waals surface area contributed by atoms with Crippen LogP contribution < -0.4 is 9.47 Å². The molecule has 0 saturated heterocycles. The molecule has 1 saturated carbocycles. The van der Waals surface area contributed by atoms with Gasteiger partial charge in [0, 0.05) is 6.08 Å². The summed E-state index contributed by atoms with van der Waals surface area (Å²) >= 11 is 0. The molecule has 2 rings (SSSR count). The number of carboxylic acids is 1. The van der Waals surface area contributed by atoms with Gasteiger partial charge in [-0.2, -0.15) is 0 Å². The van der Waals surface area contributed by atoms with Crippen LogP contribution in [0.5, 0.6) is 11.5 Å². The molecule has 0 heterocycles. The Morgan fingerprint density at radius 2 is 1.95 bits per heavy atom. The van der Waals surface area contributed by atoms with Crippen molar-refractivity contribution in [2.45, 2.75) is 38.7 Å². The van der Waals surface area contributed by atoms with Crippen LogP contribution in [0.25, 0.3) is 6.08 Å². The molecular formula is C17H22O4. The Morgan fingerprint density at radius 1 is 1.24 bits per heavy atom. The molecule has 0 unspecified atom stereocenters. The first-order valence-electron chi connectivity index (χ1n) is 7.34. The topological polar surface area (TPSA) is 55.8 Å². The van der Waals surface area contributed by atoms with Crippen molar-refractivity contribution >= 4 is 12.0 Å². The number of carbonyl (C=O) groups is 1. The summed E-state index contributed by atoms with van der Waals surface area (Å²) in [5.41, 5.74) is 0.789. The Balaban J connectivity index is 2.12. The molecule has 0 atom stereocenters. The first-order chi connectivity index (χ1) is 10.1. The Morgan fingerprint density at radius 3 is 2.57 bits per heavy atom. The van der Waals surface area contributed by atoms with E-state index >= 15 is 0 Å². The molecule has 0 aromatic heterocycles. The van der Waals surface area contributed by atoms with Gasteiger partial charge in [0.25, 0.3) is 0 Å². The maximum Gasteiger partial charge on any atom is 0.328 e. The second-order valence-electron chi connectivity index (χ2n) is 5.58.